The maximum Gasteiger partial charge on any atom is 0.254 e. The number of hydrogen-bond donors (Lipinski definition) is 1. The lowest BCUT2D eigenvalue weighted by molar-refractivity contribution is 0.0731. The lowest BCUT2D eigenvalue weighted by atomic mass is 10.0. The van der Waals surface area contributed by atoms with Crippen molar-refractivity contribution in [1.29, 1.82) is 0 Å². The zero-order valence-electron chi connectivity index (χ0n) is 12.1. The minimum Gasteiger partial charge on any atom is -0.493 e. The van der Waals surface area contributed by atoms with Gasteiger partial charge in [-0.1, -0.05) is 0 Å². The first-order valence-electron chi connectivity index (χ1n) is 7.35. The molecule has 0 spiro atoms. The molecule has 0 atom stereocenters. The van der Waals surface area contributed by atoms with Gasteiger partial charge in [0, 0.05) is 24.1 Å². The van der Waals surface area contributed by atoms with Crippen LogP contribution in [0.4, 0.5) is 5.82 Å². The molecular weight excluding hydrogens is 280 g/mol. The number of ether oxygens (including phenoxy) is 1. The highest BCUT2D eigenvalue weighted by Gasteiger charge is 2.25. The van der Waals surface area contributed by atoms with Gasteiger partial charge in [0.05, 0.1) is 18.8 Å². The Morgan fingerprint density at radius 1 is 1.27 bits per heavy atom. The summed E-state index contributed by atoms with van der Waals surface area (Å²) in [6, 6.07) is 5.65. The monoisotopic (exact) mass is 296 g/mol. The van der Waals surface area contributed by atoms with Crippen molar-refractivity contribution in [2.75, 3.05) is 18.9 Å². The van der Waals surface area contributed by atoms with E-state index in [1.54, 1.807) is 0 Å². The van der Waals surface area contributed by atoms with Crippen molar-refractivity contribution in [3.8, 4) is 5.75 Å². The molecule has 6 nitrogen and oxygen atoms in total. The van der Waals surface area contributed by atoms with Gasteiger partial charge >= 0.3 is 0 Å². The van der Waals surface area contributed by atoms with Crippen LogP contribution in [-0.2, 0) is 19.4 Å². The molecule has 0 saturated carbocycles. The highest BCUT2D eigenvalue weighted by molar-refractivity contribution is 5.94. The van der Waals surface area contributed by atoms with Crippen molar-refractivity contribution in [1.82, 2.24) is 14.9 Å². The number of rotatable bonds is 1. The maximum atomic E-state index is 12.7. The largest absolute Gasteiger partial charge is 0.493 e. The van der Waals surface area contributed by atoms with Crippen molar-refractivity contribution >= 4 is 11.7 Å². The van der Waals surface area contributed by atoms with Crippen molar-refractivity contribution < 1.29 is 9.53 Å². The van der Waals surface area contributed by atoms with Crippen LogP contribution in [0.5, 0.6) is 5.75 Å². The Kier molecular flexibility index (Phi) is 2.96. The van der Waals surface area contributed by atoms with Crippen molar-refractivity contribution in [3.63, 3.8) is 0 Å². The molecule has 6 heteroatoms. The van der Waals surface area contributed by atoms with Crippen molar-refractivity contribution in [2.24, 2.45) is 0 Å². The van der Waals surface area contributed by atoms with Crippen LogP contribution in [0.25, 0.3) is 0 Å². The number of amides is 1. The molecule has 0 fully saturated rings. The topological polar surface area (TPSA) is 81.3 Å². The van der Waals surface area contributed by atoms with Gasteiger partial charge in [-0.3, -0.25) is 4.79 Å². The highest BCUT2D eigenvalue weighted by atomic mass is 16.5. The van der Waals surface area contributed by atoms with Gasteiger partial charge in [0.25, 0.3) is 5.91 Å². The number of nitrogen functional groups attached to an aromatic ring is 1. The van der Waals surface area contributed by atoms with Crippen molar-refractivity contribution in [2.45, 2.75) is 19.4 Å². The minimum atomic E-state index is 0.0255. The summed E-state index contributed by atoms with van der Waals surface area (Å²) in [5, 5.41) is 0. The molecule has 0 radical (unpaired) electrons. The van der Waals surface area contributed by atoms with Gasteiger partial charge in [-0.05, 0) is 30.2 Å². The average molecular weight is 296 g/mol. The second-order valence-electron chi connectivity index (χ2n) is 5.58. The van der Waals surface area contributed by atoms with E-state index in [0.29, 0.717) is 37.5 Å². The summed E-state index contributed by atoms with van der Waals surface area (Å²) in [6.45, 7) is 1.81. The Balaban J connectivity index is 1.59. The van der Waals surface area contributed by atoms with E-state index in [9.17, 15) is 4.79 Å². The Morgan fingerprint density at radius 2 is 2.18 bits per heavy atom. The first kappa shape index (κ1) is 13.1. The number of anilines is 1. The second-order valence-corrected chi connectivity index (χ2v) is 5.58. The fourth-order valence-electron chi connectivity index (χ4n) is 3.06. The molecule has 1 aromatic heterocycles. The molecule has 3 heterocycles. The van der Waals surface area contributed by atoms with Crippen LogP contribution >= 0.6 is 0 Å². The average Bonchev–Trinajstić information content (AvgIpc) is 3.01. The van der Waals surface area contributed by atoms with Gasteiger partial charge in [0.15, 0.2) is 0 Å². The predicted octanol–water partition coefficient (Wildman–Crippen LogP) is 1.19. The van der Waals surface area contributed by atoms with Crippen LogP contribution in [0, 0.1) is 0 Å². The van der Waals surface area contributed by atoms with E-state index >= 15 is 0 Å². The van der Waals surface area contributed by atoms with Crippen LogP contribution in [0.15, 0.2) is 24.5 Å². The van der Waals surface area contributed by atoms with Gasteiger partial charge in [-0.2, -0.15) is 0 Å². The number of fused-ring (bicyclic) bond motifs is 2. The SMILES string of the molecule is Nc1ncnc2c1CCN(C(=O)c1ccc3c(c1)CCO3)C2. The summed E-state index contributed by atoms with van der Waals surface area (Å²) < 4.78 is 5.48. The van der Waals surface area contributed by atoms with E-state index in [0.717, 1.165) is 29.0 Å². The Bertz CT molecular complexity index is 760. The van der Waals surface area contributed by atoms with E-state index < -0.39 is 0 Å². The zero-order chi connectivity index (χ0) is 15.1. The molecule has 4 rings (SSSR count). The maximum absolute atomic E-state index is 12.7. The first-order chi connectivity index (χ1) is 10.7. The Morgan fingerprint density at radius 3 is 3.09 bits per heavy atom. The number of benzene rings is 1. The van der Waals surface area contributed by atoms with Crippen LogP contribution in [-0.4, -0.2) is 33.9 Å². The molecule has 2 N–H and O–H groups in total. The smallest absolute Gasteiger partial charge is 0.254 e. The predicted molar refractivity (Wildman–Crippen MR) is 80.5 cm³/mol. The number of aromatic nitrogens is 2. The van der Waals surface area contributed by atoms with Crippen LogP contribution < -0.4 is 10.5 Å². The van der Waals surface area contributed by atoms with E-state index in [2.05, 4.69) is 9.97 Å². The lowest BCUT2D eigenvalue weighted by Gasteiger charge is -2.28. The van der Waals surface area contributed by atoms with Gasteiger partial charge in [-0.25, -0.2) is 9.97 Å². The normalized spacial score (nSPS) is 15.9. The molecule has 1 aromatic carbocycles. The first-order valence-corrected chi connectivity index (χ1v) is 7.35. The minimum absolute atomic E-state index is 0.0255. The summed E-state index contributed by atoms with van der Waals surface area (Å²) in [7, 11) is 0. The van der Waals surface area contributed by atoms with Crippen LogP contribution in [0.3, 0.4) is 0 Å². The summed E-state index contributed by atoms with van der Waals surface area (Å²) in [4.78, 5) is 22.8. The van der Waals surface area contributed by atoms with Gasteiger partial charge in [0.2, 0.25) is 0 Å². The zero-order valence-corrected chi connectivity index (χ0v) is 12.1. The number of carbonyl (C=O) groups is 1. The molecule has 2 aliphatic heterocycles. The number of nitrogens with zero attached hydrogens (tertiary/aromatic N) is 3. The third-order valence-electron chi connectivity index (χ3n) is 4.26. The molecule has 1 amide bonds. The molecule has 2 aromatic rings. The van der Waals surface area contributed by atoms with Gasteiger partial charge in [0.1, 0.15) is 17.9 Å². The molecule has 0 unspecified atom stereocenters. The van der Waals surface area contributed by atoms with Crippen molar-refractivity contribution in [3.05, 3.63) is 46.9 Å². The molecule has 2 aliphatic rings. The molecule has 0 aliphatic carbocycles. The van der Waals surface area contributed by atoms with E-state index in [-0.39, 0.29) is 5.91 Å². The lowest BCUT2D eigenvalue weighted by Crippen LogP contribution is -2.37. The molecule has 0 bridgehead atoms. The number of nitrogens with two attached hydrogens (primary N) is 1. The highest BCUT2D eigenvalue weighted by Crippen LogP contribution is 2.27. The fraction of sp³-hybridized carbons (Fsp3) is 0.312. The van der Waals surface area contributed by atoms with Gasteiger partial charge in [-0.15, -0.1) is 0 Å². The molecule has 112 valence electrons. The summed E-state index contributed by atoms with van der Waals surface area (Å²) in [6.07, 6.45) is 3.01. The number of carbonyl (C=O) groups excluding carboxylic acids is 1. The summed E-state index contributed by atoms with van der Waals surface area (Å²) >= 11 is 0. The Labute approximate surface area is 127 Å². The Hall–Kier alpha value is -2.63. The van der Waals surface area contributed by atoms with E-state index in [1.807, 2.05) is 23.1 Å². The molecular formula is C16H16N4O2. The quantitative estimate of drug-likeness (QED) is 0.855. The summed E-state index contributed by atoms with van der Waals surface area (Å²) in [5.74, 6) is 1.44. The molecule has 22 heavy (non-hydrogen) atoms. The second kappa shape index (κ2) is 4.98. The standard InChI is InChI=1S/C16H16N4O2/c17-15-12-3-5-20(8-13(12)18-9-19-15)16(21)11-1-2-14-10(7-11)4-6-22-14/h1-2,7,9H,3-6,8H2,(H2,17,18,19). The number of hydrogen-bond acceptors (Lipinski definition) is 5. The van der Waals surface area contributed by atoms with E-state index in [4.69, 9.17) is 10.5 Å². The fourth-order valence-corrected chi connectivity index (χ4v) is 3.06. The van der Waals surface area contributed by atoms with Crippen LogP contribution in [0.2, 0.25) is 0 Å². The molecule has 0 saturated heterocycles. The van der Waals surface area contributed by atoms with Crippen LogP contribution in [0.1, 0.15) is 27.2 Å². The van der Waals surface area contributed by atoms with E-state index in [1.165, 1.54) is 6.33 Å². The summed E-state index contributed by atoms with van der Waals surface area (Å²) in [5.41, 5.74) is 9.49. The van der Waals surface area contributed by atoms with Gasteiger partial charge < -0.3 is 15.4 Å². The third-order valence-corrected chi connectivity index (χ3v) is 4.26. The third kappa shape index (κ3) is 2.07.